The summed E-state index contributed by atoms with van der Waals surface area (Å²) >= 11 is 0. The van der Waals surface area contributed by atoms with Crippen LogP contribution in [0.3, 0.4) is 0 Å². The highest BCUT2D eigenvalue weighted by Gasteiger charge is 2.44. The molecular weight excluding hydrogens is 242 g/mol. The number of nitrogens with one attached hydrogen (secondary N) is 1. The zero-order valence-corrected chi connectivity index (χ0v) is 9.69. The van der Waals surface area contributed by atoms with Crippen LogP contribution in [0.2, 0.25) is 0 Å². The first kappa shape index (κ1) is 13.4. The average Bonchev–Trinajstić information content (AvgIpc) is 3.13. The van der Waals surface area contributed by atoms with Crippen LogP contribution in [0.5, 0.6) is 0 Å². The third-order valence-electron chi connectivity index (χ3n) is 3.11. The molecule has 5 atom stereocenters. The van der Waals surface area contributed by atoms with E-state index in [0.717, 1.165) is 12.0 Å². The van der Waals surface area contributed by atoms with Crippen molar-refractivity contribution in [2.75, 3.05) is 6.61 Å². The number of rotatable bonds is 4. The van der Waals surface area contributed by atoms with Gasteiger partial charge in [-0.25, -0.2) is 0 Å². The number of ether oxygens (including phenoxy) is 1. The Bertz CT molecular complexity index is 357. The van der Waals surface area contributed by atoms with Crippen molar-refractivity contribution in [3.8, 4) is 0 Å². The van der Waals surface area contributed by atoms with E-state index in [4.69, 9.17) is 9.84 Å². The molecule has 2 rings (SSSR count). The Kier molecular flexibility index (Phi) is 3.98. The number of hydrogen-bond donors (Lipinski definition) is 5. The van der Waals surface area contributed by atoms with E-state index in [9.17, 15) is 20.1 Å². The highest BCUT2D eigenvalue weighted by atomic mass is 16.6. The molecule has 0 aromatic rings. The Balaban J connectivity index is 1.93. The van der Waals surface area contributed by atoms with Gasteiger partial charge < -0.3 is 30.5 Å². The normalized spacial score (nSPS) is 39.1. The molecule has 0 spiro atoms. The zero-order valence-electron chi connectivity index (χ0n) is 9.69. The molecule has 7 nitrogen and oxygen atoms in total. The van der Waals surface area contributed by atoms with E-state index in [1.165, 1.54) is 0 Å². The molecule has 2 aliphatic rings. The maximum absolute atomic E-state index is 11.5. The predicted octanol–water partition coefficient (Wildman–Crippen LogP) is -2.38. The Morgan fingerprint density at radius 2 is 2.06 bits per heavy atom. The largest absolute Gasteiger partial charge is 0.394 e. The van der Waals surface area contributed by atoms with E-state index in [0.29, 0.717) is 0 Å². The standard InChI is InChI=1S/C11H17NO6/c13-4-6-9(15)10(16)8(11(17)18-6)12-7(14)3-5-1-2-5/h1,6,8-11,13,15-17H,2-4H2,(H,12,14)/t6-,8+,9-,10-,11?/m1/s1. The highest BCUT2D eigenvalue weighted by molar-refractivity contribution is 5.79. The molecule has 5 N–H and O–H groups in total. The van der Waals surface area contributed by atoms with Crippen LogP contribution in [-0.4, -0.2) is 63.6 Å². The maximum Gasteiger partial charge on any atom is 0.224 e. The van der Waals surface area contributed by atoms with E-state index in [-0.39, 0.29) is 12.3 Å². The quantitative estimate of drug-likeness (QED) is 0.360. The Morgan fingerprint density at radius 1 is 1.39 bits per heavy atom. The van der Waals surface area contributed by atoms with Gasteiger partial charge in [0.05, 0.1) is 6.61 Å². The molecule has 1 unspecified atom stereocenters. The van der Waals surface area contributed by atoms with Crippen molar-refractivity contribution in [1.82, 2.24) is 5.32 Å². The van der Waals surface area contributed by atoms with Crippen molar-refractivity contribution in [3.05, 3.63) is 11.6 Å². The summed E-state index contributed by atoms with van der Waals surface area (Å²) in [5.41, 5.74) is 1.00. The molecule has 18 heavy (non-hydrogen) atoms. The topological polar surface area (TPSA) is 119 Å². The van der Waals surface area contributed by atoms with Gasteiger partial charge in [0.2, 0.25) is 5.91 Å². The summed E-state index contributed by atoms with van der Waals surface area (Å²) in [4.78, 5) is 11.5. The molecule has 1 fully saturated rings. The van der Waals surface area contributed by atoms with E-state index >= 15 is 0 Å². The number of carbonyl (C=O) groups is 1. The van der Waals surface area contributed by atoms with Crippen LogP contribution in [-0.2, 0) is 9.53 Å². The van der Waals surface area contributed by atoms with E-state index in [2.05, 4.69) is 5.32 Å². The fourth-order valence-electron chi connectivity index (χ4n) is 1.91. The lowest BCUT2D eigenvalue weighted by molar-refractivity contribution is -0.253. The van der Waals surface area contributed by atoms with Crippen molar-refractivity contribution < 1.29 is 30.0 Å². The summed E-state index contributed by atoms with van der Waals surface area (Å²) in [7, 11) is 0. The van der Waals surface area contributed by atoms with Gasteiger partial charge >= 0.3 is 0 Å². The first-order valence-corrected chi connectivity index (χ1v) is 5.80. The van der Waals surface area contributed by atoms with Crippen LogP contribution in [0.25, 0.3) is 0 Å². The Morgan fingerprint density at radius 3 is 2.61 bits per heavy atom. The molecule has 0 saturated carbocycles. The van der Waals surface area contributed by atoms with Crippen LogP contribution in [0, 0.1) is 0 Å². The number of hydrogen-bond acceptors (Lipinski definition) is 6. The molecule has 7 heteroatoms. The van der Waals surface area contributed by atoms with Gasteiger partial charge in [-0.05, 0) is 6.42 Å². The third kappa shape index (κ3) is 2.88. The molecule has 1 heterocycles. The Hall–Kier alpha value is -0.990. The van der Waals surface area contributed by atoms with Gasteiger partial charge in [-0.15, -0.1) is 0 Å². The van der Waals surface area contributed by atoms with Gasteiger partial charge in [0.25, 0.3) is 0 Å². The summed E-state index contributed by atoms with van der Waals surface area (Å²) in [6.45, 7) is -0.525. The van der Waals surface area contributed by atoms with E-state index in [1.807, 2.05) is 6.08 Å². The summed E-state index contributed by atoms with van der Waals surface area (Å²) in [6.07, 6.45) is -2.33. The van der Waals surface area contributed by atoms with Crippen LogP contribution >= 0.6 is 0 Å². The minimum atomic E-state index is -1.46. The first-order chi connectivity index (χ1) is 8.52. The molecule has 0 radical (unpaired) electrons. The van der Waals surface area contributed by atoms with Crippen molar-refractivity contribution in [2.45, 2.75) is 43.5 Å². The average molecular weight is 259 g/mol. The van der Waals surface area contributed by atoms with Gasteiger partial charge in [0.15, 0.2) is 6.29 Å². The zero-order chi connectivity index (χ0) is 13.3. The molecule has 1 amide bonds. The van der Waals surface area contributed by atoms with E-state index < -0.39 is 37.3 Å². The van der Waals surface area contributed by atoms with Crippen LogP contribution < -0.4 is 5.32 Å². The maximum atomic E-state index is 11.5. The molecular formula is C11H17NO6. The van der Waals surface area contributed by atoms with E-state index in [1.54, 1.807) is 0 Å². The van der Waals surface area contributed by atoms with Crippen molar-refractivity contribution in [2.24, 2.45) is 0 Å². The fraction of sp³-hybridized carbons (Fsp3) is 0.727. The summed E-state index contributed by atoms with van der Waals surface area (Å²) in [6, 6.07) is -1.10. The molecule has 0 aromatic carbocycles. The Labute approximate surface area is 104 Å². The van der Waals surface area contributed by atoms with Crippen molar-refractivity contribution >= 4 is 5.91 Å². The van der Waals surface area contributed by atoms with Gasteiger partial charge in [0.1, 0.15) is 24.4 Å². The lowest BCUT2D eigenvalue weighted by Gasteiger charge is -2.40. The minimum absolute atomic E-state index is 0.218. The second-order valence-corrected chi connectivity index (χ2v) is 4.57. The van der Waals surface area contributed by atoms with Crippen LogP contribution in [0.15, 0.2) is 11.6 Å². The highest BCUT2D eigenvalue weighted by Crippen LogP contribution is 2.23. The van der Waals surface area contributed by atoms with Crippen molar-refractivity contribution in [1.29, 1.82) is 0 Å². The van der Waals surface area contributed by atoms with Crippen molar-refractivity contribution in [3.63, 3.8) is 0 Å². The second kappa shape index (κ2) is 5.33. The molecule has 102 valence electrons. The second-order valence-electron chi connectivity index (χ2n) is 4.57. The van der Waals surface area contributed by atoms with Gasteiger partial charge in [0, 0.05) is 6.42 Å². The van der Waals surface area contributed by atoms with Gasteiger partial charge in [-0.2, -0.15) is 0 Å². The molecule has 1 saturated heterocycles. The number of aliphatic hydroxyl groups excluding tert-OH is 4. The molecule has 0 aromatic heterocycles. The van der Waals surface area contributed by atoms with Gasteiger partial charge in [-0.1, -0.05) is 11.6 Å². The number of aliphatic hydroxyl groups is 4. The number of carbonyl (C=O) groups excluding carboxylic acids is 1. The molecule has 1 aliphatic carbocycles. The van der Waals surface area contributed by atoms with Gasteiger partial charge in [-0.3, -0.25) is 4.79 Å². The summed E-state index contributed by atoms with van der Waals surface area (Å²) in [5, 5.41) is 40.3. The van der Waals surface area contributed by atoms with Crippen LogP contribution in [0.4, 0.5) is 0 Å². The molecule has 1 aliphatic heterocycles. The minimum Gasteiger partial charge on any atom is -0.394 e. The monoisotopic (exact) mass is 259 g/mol. The third-order valence-corrected chi connectivity index (χ3v) is 3.11. The first-order valence-electron chi connectivity index (χ1n) is 5.80. The number of amides is 1. The smallest absolute Gasteiger partial charge is 0.224 e. The summed E-state index contributed by atoms with van der Waals surface area (Å²) in [5.74, 6) is -0.347. The SMILES string of the molecule is O=C(CC1=CC1)N[C@@H]1C(O)O[C@H](CO)[C@@H](O)[C@@H]1O. The van der Waals surface area contributed by atoms with Crippen LogP contribution in [0.1, 0.15) is 12.8 Å². The predicted molar refractivity (Wildman–Crippen MR) is 59.2 cm³/mol. The summed E-state index contributed by atoms with van der Waals surface area (Å²) < 4.78 is 4.92. The fourth-order valence-corrected chi connectivity index (χ4v) is 1.91. The lowest BCUT2D eigenvalue weighted by atomic mass is 9.97. The number of allylic oxidation sites excluding steroid dienone is 1. The lowest BCUT2D eigenvalue weighted by Crippen LogP contribution is -2.64. The molecule has 0 bridgehead atoms.